The van der Waals surface area contributed by atoms with Gasteiger partial charge in [-0.05, 0) is 43.7 Å². The molecule has 4 aromatic rings. The molecule has 0 spiro atoms. The number of thiophene rings is 1. The summed E-state index contributed by atoms with van der Waals surface area (Å²) in [5, 5.41) is 16.1. The third-order valence-corrected chi connectivity index (χ3v) is 7.18. The van der Waals surface area contributed by atoms with Gasteiger partial charge >= 0.3 is 6.03 Å². The molecule has 2 aromatic heterocycles. The molecule has 0 radical (unpaired) electrons. The number of amides is 2. The number of halogens is 1. The van der Waals surface area contributed by atoms with E-state index in [-0.39, 0.29) is 0 Å². The second-order valence-electron chi connectivity index (χ2n) is 7.91. The number of hydrogen-bond acceptors (Lipinski definition) is 6. The van der Waals surface area contributed by atoms with Crippen LogP contribution >= 0.6 is 22.9 Å². The first kappa shape index (κ1) is 23.1. The van der Waals surface area contributed by atoms with Crippen LogP contribution in [-0.4, -0.2) is 33.6 Å². The second kappa shape index (κ2) is 9.52. The van der Waals surface area contributed by atoms with Crippen LogP contribution in [-0.2, 0) is 6.42 Å². The summed E-state index contributed by atoms with van der Waals surface area (Å²) in [6.07, 6.45) is 0.117. The van der Waals surface area contributed by atoms with Gasteiger partial charge in [-0.3, -0.25) is 9.56 Å². The van der Waals surface area contributed by atoms with Gasteiger partial charge in [-0.1, -0.05) is 42.8 Å². The number of para-hydroxylation sites is 2. The average molecular weight is 507 g/mol. The Bertz CT molecular complexity index is 1430. The molecule has 2 amide bonds. The fourth-order valence-electron chi connectivity index (χ4n) is 3.97. The van der Waals surface area contributed by atoms with Gasteiger partial charge in [-0.15, -0.1) is 21.5 Å². The van der Waals surface area contributed by atoms with Gasteiger partial charge in [0.2, 0.25) is 0 Å². The molecule has 2 N–H and O–H groups in total. The first-order valence-electron chi connectivity index (χ1n) is 11.1. The SMILES string of the molecule is CCc1cc2c(s1)-n1c(C)nnc1C(NC(=O)Nc1ccccc1OC)N=C2c1ccc(Cl)cc1. The molecule has 10 heteroatoms. The Morgan fingerprint density at radius 1 is 1.17 bits per heavy atom. The number of rotatable bonds is 5. The van der Waals surface area contributed by atoms with Crippen molar-refractivity contribution in [2.24, 2.45) is 4.99 Å². The quantitative estimate of drug-likeness (QED) is 0.372. The van der Waals surface area contributed by atoms with E-state index in [0.717, 1.165) is 34.1 Å². The molecule has 2 aromatic carbocycles. The molecular formula is C25H23ClN6O2S. The Labute approximate surface area is 211 Å². The third kappa shape index (κ3) is 4.40. The number of benzene rings is 2. The first-order chi connectivity index (χ1) is 17.0. The number of anilines is 1. The molecule has 0 bridgehead atoms. The number of urea groups is 1. The van der Waals surface area contributed by atoms with Gasteiger partial charge in [0.1, 0.15) is 16.6 Å². The van der Waals surface area contributed by atoms with Gasteiger partial charge < -0.3 is 15.4 Å². The summed E-state index contributed by atoms with van der Waals surface area (Å²) < 4.78 is 7.32. The Balaban J connectivity index is 1.59. The monoisotopic (exact) mass is 506 g/mol. The van der Waals surface area contributed by atoms with Gasteiger partial charge in [-0.25, -0.2) is 4.79 Å². The first-order valence-corrected chi connectivity index (χ1v) is 12.3. The lowest BCUT2D eigenvalue weighted by molar-refractivity contribution is 0.248. The number of aromatic nitrogens is 3. The Hall–Kier alpha value is -3.69. The van der Waals surface area contributed by atoms with E-state index < -0.39 is 12.2 Å². The van der Waals surface area contributed by atoms with E-state index in [9.17, 15) is 4.79 Å². The predicted molar refractivity (Wildman–Crippen MR) is 138 cm³/mol. The Kier molecular flexibility index (Phi) is 6.27. The van der Waals surface area contributed by atoms with Gasteiger partial charge in [0.05, 0.1) is 18.5 Å². The van der Waals surface area contributed by atoms with Crippen LogP contribution < -0.4 is 15.4 Å². The fraction of sp³-hybridized carbons (Fsp3) is 0.200. The molecule has 5 rings (SSSR count). The number of hydrogen-bond donors (Lipinski definition) is 2. The van der Waals surface area contributed by atoms with E-state index in [0.29, 0.717) is 22.3 Å². The van der Waals surface area contributed by atoms with Gasteiger partial charge in [-0.2, -0.15) is 0 Å². The maximum absolute atomic E-state index is 13.1. The topological polar surface area (TPSA) is 93.4 Å². The summed E-state index contributed by atoms with van der Waals surface area (Å²) in [4.78, 5) is 19.3. The number of ether oxygens (including phenoxy) is 1. The zero-order valence-electron chi connectivity index (χ0n) is 19.4. The number of carbonyl (C=O) groups is 1. The summed E-state index contributed by atoms with van der Waals surface area (Å²) >= 11 is 7.82. The minimum absolute atomic E-state index is 0.439. The van der Waals surface area contributed by atoms with E-state index in [1.807, 2.05) is 47.9 Å². The van der Waals surface area contributed by atoms with Crippen molar-refractivity contribution < 1.29 is 9.53 Å². The lowest BCUT2D eigenvalue weighted by atomic mass is 10.0. The van der Waals surface area contributed by atoms with E-state index >= 15 is 0 Å². The van der Waals surface area contributed by atoms with Crippen molar-refractivity contribution in [3.8, 4) is 10.8 Å². The van der Waals surface area contributed by atoms with Crippen molar-refractivity contribution >= 4 is 40.4 Å². The van der Waals surface area contributed by atoms with Crippen molar-refractivity contribution in [3.05, 3.63) is 87.3 Å². The summed E-state index contributed by atoms with van der Waals surface area (Å²) in [6, 6.07) is 16.4. The average Bonchev–Trinajstić information content (AvgIpc) is 3.42. The zero-order chi connectivity index (χ0) is 24.5. The lowest BCUT2D eigenvalue weighted by Crippen LogP contribution is -2.33. The lowest BCUT2D eigenvalue weighted by Gasteiger charge is -2.16. The molecule has 1 atom stereocenters. The van der Waals surface area contributed by atoms with Crippen LogP contribution in [0.4, 0.5) is 10.5 Å². The minimum Gasteiger partial charge on any atom is -0.495 e. The summed E-state index contributed by atoms with van der Waals surface area (Å²) in [5.41, 5.74) is 3.16. The van der Waals surface area contributed by atoms with Gasteiger partial charge in [0, 0.05) is 21.0 Å². The van der Waals surface area contributed by atoms with Crippen LogP contribution in [0.15, 0.2) is 59.6 Å². The van der Waals surface area contributed by atoms with Gasteiger partial charge in [0.25, 0.3) is 0 Å². The number of methoxy groups -OCH3 is 1. The van der Waals surface area contributed by atoms with E-state index in [4.69, 9.17) is 21.3 Å². The smallest absolute Gasteiger partial charge is 0.321 e. The standard InChI is InChI=1S/C25H23ClN6O2S/c1-4-17-13-18-21(15-9-11-16(26)12-10-15)28-22(23-31-30-14(2)32(23)24(18)35-17)29-25(33)27-19-7-5-6-8-20(19)34-3/h5-13,22H,4H2,1-3H3,(H2,27,29,33). The molecule has 1 aliphatic rings. The fourth-order valence-corrected chi connectivity index (χ4v) is 5.25. The Morgan fingerprint density at radius 2 is 1.94 bits per heavy atom. The van der Waals surface area contributed by atoms with Crippen molar-refractivity contribution in [2.45, 2.75) is 26.4 Å². The molecule has 0 aliphatic carbocycles. The molecule has 0 saturated heterocycles. The maximum Gasteiger partial charge on any atom is 0.321 e. The highest BCUT2D eigenvalue weighted by atomic mass is 35.5. The molecule has 3 heterocycles. The highest BCUT2D eigenvalue weighted by molar-refractivity contribution is 7.15. The van der Waals surface area contributed by atoms with Crippen LogP contribution in [0.5, 0.6) is 5.75 Å². The van der Waals surface area contributed by atoms with Crippen molar-refractivity contribution in [2.75, 3.05) is 12.4 Å². The molecule has 1 unspecified atom stereocenters. The number of fused-ring (bicyclic) bond motifs is 3. The second-order valence-corrected chi connectivity index (χ2v) is 9.46. The third-order valence-electron chi connectivity index (χ3n) is 5.66. The molecule has 0 saturated carbocycles. The van der Waals surface area contributed by atoms with E-state index in [1.165, 1.54) is 4.88 Å². The number of nitrogens with zero attached hydrogens (tertiary/aromatic N) is 4. The van der Waals surface area contributed by atoms with Crippen LogP contribution in [0.3, 0.4) is 0 Å². The Morgan fingerprint density at radius 3 is 2.69 bits per heavy atom. The van der Waals surface area contributed by atoms with Crippen molar-refractivity contribution in [1.29, 1.82) is 0 Å². The largest absolute Gasteiger partial charge is 0.495 e. The van der Waals surface area contributed by atoms with E-state index in [2.05, 4.69) is 33.8 Å². The highest BCUT2D eigenvalue weighted by Crippen LogP contribution is 2.36. The molecule has 1 aliphatic heterocycles. The number of aryl methyl sites for hydroxylation is 2. The van der Waals surface area contributed by atoms with Crippen molar-refractivity contribution in [1.82, 2.24) is 20.1 Å². The van der Waals surface area contributed by atoms with Gasteiger partial charge in [0.15, 0.2) is 12.0 Å². The normalized spacial score (nSPS) is 14.4. The maximum atomic E-state index is 13.1. The highest BCUT2D eigenvalue weighted by Gasteiger charge is 2.31. The molecule has 0 fully saturated rings. The summed E-state index contributed by atoms with van der Waals surface area (Å²) in [5.74, 6) is 1.81. The number of aliphatic imine (C=N–C) groups is 1. The van der Waals surface area contributed by atoms with Crippen molar-refractivity contribution in [3.63, 3.8) is 0 Å². The molecular weight excluding hydrogens is 484 g/mol. The molecule has 8 nitrogen and oxygen atoms in total. The van der Waals surface area contributed by atoms with Crippen LogP contribution in [0, 0.1) is 6.92 Å². The summed E-state index contributed by atoms with van der Waals surface area (Å²) in [6.45, 7) is 4.02. The summed E-state index contributed by atoms with van der Waals surface area (Å²) in [7, 11) is 1.56. The minimum atomic E-state index is -0.777. The van der Waals surface area contributed by atoms with Crippen LogP contribution in [0.1, 0.15) is 40.7 Å². The zero-order valence-corrected chi connectivity index (χ0v) is 20.9. The predicted octanol–water partition coefficient (Wildman–Crippen LogP) is 5.53. The van der Waals surface area contributed by atoms with Crippen LogP contribution in [0.25, 0.3) is 5.00 Å². The number of carbonyl (C=O) groups excluding carboxylic acids is 1. The molecule has 178 valence electrons. The molecule has 35 heavy (non-hydrogen) atoms. The number of nitrogens with one attached hydrogen (secondary N) is 2. The van der Waals surface area contributed by atoms with E-state index in [1.54, 1.807) is 30.6 Å². The van der Waals surface area contributed by atoms with Crippen LogP contribution in [0.2, 0.25) is 5.02 Å².